The number of pyridine rings is 1. The molecule has 0 radical (unpaired) electrons. The Morgan fingerprint density at radius 1 is 1.47 bits per heavy atom. The van der Waals surface area contributed by atoms with Crippen molar-refractivity contribution in [3.8, 4) is 5.75 Å². The van der Waals surface area contributed by atoms with Gasteiger partial charge in [-0.2, -0.15) is 0 Å². The summed E-state index contributed by atoms with van der Waals surface area (Å²) < 4.78 is 10.3. The zero-order valence-electron chi connectivity index (χ0n) is 9.19. The summed E-state index contributed by atoms with van der Waals surface area (Å²) in [6, 6.07) is 1.63. The van der Waals surface area contributed by atoms with Gasteiger partial charge in [-0.25, -0.2) is 4.79 Å². The van der Waals surface area contributed by atoms with Crippen molar-refractivity contribution in [2.24, 2.45) is 0 Å². The monoisotopic (exact) mass is 209 g/mol. The van der Waals surface area contributed by atoms with Gasteiger partial charge in [-0.3, -0.25) is 4.98 Å². The van der Waals surface area contributed by atoms with Crippen LogP contribution in [0.3, 0.4) is 0 Å². The van der Waals surface area contributed by atoms with Crippen LogP contribution in [0.4, 0.5) is 0 Å². The minimum Gasteiger partial charge on any atom is -0.489 e. The fourth-order valence-electron chi connectivity index (χ4n) is 1.08. The zero-order chi connectivity index (χ0) is 11.3. The predicted octanol–water partition coefficient (Wildman–Crippen LogP) is 2.05. The van der Waals surface area contributed by atoms with Crippen molar-refractivity contribution in [1.29, 1.82) is 0 Å². The normalized spacial score (nSPS) is 10.1. The van der Waals surface area contributed by atoms with Gasteiger partial charge >= 0.3 is 5.97 Å². The molecule has 0 aliphatic rings. The first-order chi connectivity index (χ1) is 7.13. The third-order valence-corrected chi connectivity index (χ3v) is 1.60. The van der Waals surface area contributed by atoms with Gasteiger partial charge in [0.15, 0.2) is 0 Å². The molecule has 0 N–H and O–H groups in total. The first-order valence-corrected chi connectivity index (χ1v) is 4.92. The number of nitrogens with zero attached hydrogens (tertiary/aromatic N) is 1. The van der Waals surface area contributed by atoms with E-state index < -0.39 is 0 Å². The largest absolute Gasteiger partial charge is 0.489 e. The van der Waals surface area contributed by atoms with E-state index in [-0.39, 0.29) is 12.1 Å². The van der Waals surface area contributed by atoms with Gasteiger partial charge in [-0.15, -0.1) is 0 Å². The Labute approximate surface area is 89.2 Å². The third-order valence-electron chi connectivity index (χ3n) is 1.60. The van der Waals surface area contributed by atoms with Crippen molar-refractivity contribution >= 4 is 5.97 Å². The lowest BCUT2D eigenvalue weighted by Crippen LogP contribution is -2.08. The number of hydrogen-bond acceptors (Lipinski definition) is 4. The molecule has 0 saturated heterocycles. The molecule has 1 aromatic rings. The Morgan fingerprint density at radius 2 is 2.20 bits per heavy atom. The summed E-state index contributed by atoms with van der Waals surface area (Å²) in [5, 5.41) is 0. The van der Waals surface area contributed by atoms with Gasteiger partial charge < -0.3 is 9.47 Å². The Hall–Kier alpha value is -1.58. The van der Waals surface area contributed by atoms with E-state index in [0.29, 0.717) is 17.9 Å². The highest BCUT2D eigenvalue weighted by molar-refractivity contribution is 5.89. The second-order valence-corrected chi connectivity index (χ2v) is 3.30. The van der Waals surface area contributed by atoms with Crippen molar-refractivity contribution in [1.82, 2.24) is 4.98 Å². The molecule has 1 rings (SSSR count). The molecule has 15 heavy (non-hydrogen) atoms. The quantitative estimate of drug-likeness (QED) is 0.712. The van der Waals surface area contributed by atoms with Crippen LogP contribution in [0, 0.1) is 0 Å². The fourth-order valence-corrected chi connectivity index (χ4v) is 1.08. The molecule has 1 heterocycles. The maximum atomic E-state index is 11.4. The first-order valence-electron chi connectivity index (χ1n) is 4.92. The molecule has 0 amide bonds. The molecule has 4 nitrogen and oxygen atoms in total. The van der Waals surface area contributed by atoms with Crippen LogP contribution in [0.2, 0.25) is 0 Å². The molecule has 4 heteroatoms. The van der Waals surface area contributed by atoms with E-state index in [1.165, 1.54) is 6.20 Å². The topological polar surface area (TPSA) is 48.4 Å². The fraction of sp³-hybridized carbons (Fsp3) is 0.455. The number of aromatic nitrogens is 1. The predicted molar refractivity (Wildman–Crippen MR) is 56.0 cm³/mol. The summed E-state index contributed by atoms with van der Waals surface area (Å²) in [7, 11) is 0. The van der Waals surface area contributed by atoms with E-state index in [1.54, 1.807) is 19.2 Å². The molecule has 0 saturated carbocycles. The number of carbonyl (C=O) groups is 1. The van der Waals surface area contributed by atoms with Crippen LogP contribution in [0.25, 0.3) is 0 Å². The summed E-state index contributed by atoms with van der Waals surface area (Å²) in [4.78, 5) is 15.3. The Morgan fingerprint density at radius 3 is 2.80 bits per heavy atom. The van der Waals surface area contributed by atoms with Gasteiger partial charge in [0.25, 0.3) is 0 Å². The van der Waals surface area contributed by atoms with E-state index in [1.807, 2.05) is 13.8 Å². The molecule has 0 aromatic carbocycles. The van der Waals surface area contributed by atoms with Gasteiger partial charge in [-0.1, -0.05) is 0 Å². The highest BCUT2D eigenvalue weighted by atomic mass is 16.5. The highest BCUT2D eigenvalue weighted by Gasteiger charge is 2.08. The average Bonchev–Trinajstić information content (AvgIpc) is 2.17. The van der Waals surface area contributed by atoms with Crippen LogP contribution in [-0.4, -0.2) is 23.7 Å². The van der Waals surface area contributed by atoms with E-state index in [9.17, 15) is 4.79 Å². The van der Waals surface area contributed by atoms with Crippen molar-refractivity contribution in [3.05, 3.63) is 24.0 Å². The standard InChI is InChI=1S/C11H15NO3/c1-4-14-11(13)9-5-10(7-12-6-9)15-8(2)3/h5-8H,4H2,1-3H3. The number of carbonyl (C=O) groups excluding carboxylic acids is 1. The van der Waals surface area contributed by atoms with Gasteiger partial charge in [-0.05, 0) is 26.8 Å². The van der Waals surface area contributed by atoms with Crippen molar-refractivity contribution in [2.45, 2.75) is 26.9 Å². The number of rotatable bonds is 4. The van der Waals surface area contributed by atoms with E-state index in [0.717, 1.165) is 0 Å². The van der Waals surface area contributed by atoms with Gasteiger partial charge in [0.05, 0.1) is 24.5 Å². The van der Waals surface area contributed by atoms with Gasteiger partial charge in [0.2, 0.25) is 0 Å². The number of esters is 1. The van der Waals surface area contributed by atoms with Crippen molar-refractivity contribution < 1.29 is 14.3 Å². The smallest absolute Gasteiger partial charge is 0.339 e. The molecule has 0 unspecified atom stereocenters. The van der Waals surface area contributed by atoms with Crippen LogP contribution < -0.4 is 4.74 Å². The molecular formula is C11H15NO3. The minimum absolute atomic E-state index is 0.0595. The summed E-state index contributed by atoms with van der Waals surface area (Å²) >= 11 is 0. The number of ether oxygens (including phenoxy) is 2. The molecule has 0 aliphatic carbocycles. The van der Waals surface area contributed by atoms with E-state index in [4.69, 9.17) is 9.47 Å². The van der Waals surface area contributed by atoms with Gasteiger partial charge in [0, 0.05) is 6.20 Å². The van der Waals surface area contributed by atoms with Gasteiger partial charge in [0.1, 0.15) is 5.75 Å². The molecular weight excluding hydrogens is 194 g/mol. The van der Waals surface area contributed by atoms with Crippen molar-refractivity contribution in [3.63, 3.8) is 0 Å². The van der Waals surface area contributed by atoms with Crippen LogP contribution in [0.15, 0.2) is 18.5 Å². The van der Waals surface area contributed by atoms with Crippen LogP contribution in [-0.2, 0) is 4.74 Å². The Bertz CT molecular complexity index is 336. The first kappa shape index (κ1) is 11.5. The second-order valence-electron chi connectivity index (χ2n) is 3.30. The summed E-state index contributed by atoms with van der Waals surface area (Å²) in [5.41, 5.74) is 0.412. The lowest BCUT2D eigenvalue weighted by molar-refractivity contribution is 0.0525. The minimum atomic E-state index is -0.376. The Balaban J connectivity index is 2.78. The summed E-state index contributed by atoms with van der Waals surface area (Å²) in [5.74, 6) is 0.203. The van der Waals surface area contributed by atoms with Crippen LogP contribution >= 0.6 is 0 Å². The maximum absolute atomic E-state index is 11.4. The number of hydrogen-bond donors (Lipinski definition) is 0. The van der Waals surface area contributed by atoms with E-state index >= 15 is 0 Å². The lowest BCUT2D eigenvalue weighted by Gasteiger charge is -2.09. The van der Waals surface area contributed by atoms with Crippen LogP contribution in [0.5, 0.6) is 5.75 Å². The SMILES string of the molecule is CCOC(=O)c1cncc(OC(C)C)c1. The summed E-state index contributed by atoms with van der Waals surface area (Å²) in [6.07, 6.45) is 3.10. The average molecular weight is 209 g/mol. The molecule has 0 aliphatic heterocycles. The molecule has 0 spiro atoms. The Kier molecular flexibility index (Phi) is 4.09. The zero-order valence-corrected chi connectivity index (χ0v) is 9.19. The molecule has 0 atom stereocenters. The molecule has 0 fully saturated rings. The third kappa shape index (κ3) is 3.58. The lowest BCUT2D eigenvalue weighted by atomic mass is 10.3. The van der Waals surface area contributed by atoms with E-state index in [2.05, 4.69) is 4.98 Å². The molecule has 0 bridgehead atoms. The van der Waals surface area contributed by atoms with Crippen molar-refractivity contribution in [2.75, 3.05) is 6.61 Å². The maximum Gasteiger partial charge on any atom is 0.339 e. The second kappa shape index (κ2) is 5.34. The summed E-state index contributed by atoms with van der Waals surface area (Å²) in [6.45, 7) is 5.95. The van der Waals surface area contributed by atoms with Crippen LogP contribution in [0.1, 0.15) is 31.1 Å². The molecule has 1 aromatic heterocycles. The molecule has 82 valence electrons. The highest BCUT2D eigenvalue weighted by Crippen LogP contribution is 2.13.